The van der Waals surface area contributed by atoms with Crippen LogP contribution in [0, 0.1) is 0 Å². The molecule has 0 fully saturated rings. The lowest BCUT2D eigenvalue weighted by Gasteiger charge is -2.12. The van der Waals surface area contributed by atoms with E-state index in [1.165, 1.54) is 11.6 Å². The number of methoxy groups -OCH3 is 2. The number of carbonyl (C=O) groups is 1. The van der Waals surface area contributed by atoms with Gasteiger partial charge in [-0.1, -0.05) is 55.3 Å². The molecule has 0 amide bonds. The van der Waals surface area contributed by atoms with E-state index in [0.717, 1.165) is 49.2 Å². The van der Waals surface area contributed by atoms with Crippen LogP contribution in [0.3, 0.4) is 0 Å². The van der Waals surface area contributed by atoms with Gasteiger partial charge in [0.25, 0.3) is 0 Å². The average Bonchev–Trinajstić information content (AvgIpc) is 2.85. The van der Waals surface area contributed by atoms with E-state index in [1.807, 2.05) is 42.5 Å². The van der Waals surface area contributed by atoms with Crippen LogP contribution in [-0.4, -0.2) is 25.1 Å². The van der Waals surface area contributed by atoms with Crippen molar-refractivity contribution in [2.75, 3.05) is 14.2 Å². The number of carbonyl (C=O) groups excluding carboxylic acids is 1. The number of phenolic OH excluding ortho intramolecular Hbond substituents is 1. The first-order valence-electron chi connectivity index (χ1n) is 11.3. The minimum Gasteiger partial charge on any atom is -0.507 e. The third kappa shape index (κ3) is 7.01. The standard InChI is InChI=1S/C28H32O5/c1-31-25-18-17-21(19-27(25)32-2)11-6-3-4-9-14-23(29)28-24(30)15-10-16-26(28)33-20-22-12-7-5-8-13-22/h5,7-8,10,12-13,15-19,30H,3-4,6,9,11,14,20H2,1-2H3. The maximum absolute atomic E-state index is 12.8. The Morgan fingerprint density at radius 3 is 2.27 bits per heavy atom. The SMILES string of the molecule is COc1ccc(CCCCCCC(=O)c2c(O)cccc2OCc2ccccc2)cc1OC. The van der Waals surface area contributed by atoms with Gasteiger partial charge in [0.2, 0.25) is 0 Å². The number of ether oxygens (including phenoxy) is 3. The minimum absolute atomic E-state index is 0.0287. The highest BCUT2D eigenvalue weighted by Gasteiger charge is 2.17. The molecule has 0 aliphatic heterocycles. The summed E-state index contributed by atoms with van der Waals surface area (Å²) < 4.78 is 16.5. The highest BCUT2D eigenvalue weighted by atomic mass is 16.5. The summed E-state index contributed by atoms with van der Waals surface area (Å²) in [6, 6.07) is 20.7. The maximum Gasteiger partial charge on any atom is 0.170 e. The molecule has 5 nitrogen and oxygen atoms in total. The Labute approximate surface area is 195 Å². The lowest BCUT2D eigenvalue weighted by molar-refractivity contribution is 0.0971. The van der Waals surface area contributed by atoms with Crippen LogP contribution in [0.4, 0.5) is 0 Å². The molecule has 0 saturated heterocycles. The number of aryl methyl sites for hydroxylation is 1. The summed E-state index contributed by atoms with van der Waals surface area (Å²) in [7, 11) is 3.27. The van der Waals surface area contributed by atoms with Crippen molar-refractivity contribution < 1.29 is 24.1 Å². The second-order valence-corrected chi connectivity index (χ2v) is 7.95. The van der Waals surface area contributed by atoms with E-state index in [1.54, 1.807) is 26.4 Å². The van der Waals surface area contributed by atoms with Crippen molar-refractivity contribution >= 4 is 5.78 Å². The number of aromatic hydroxyl groups is 1. The third-order valence-electron chi connectivity index (χ3n) is 5.59. The van der Waals surface area contributed by atoms with Crippen LogP contribution in [0.5, 0.6) is 23.0 Å². The van der Waals surface area contributed by atoms with Crippen LogP contribution >= 0.6 is 0 Å². The van der Waals surface area contributed by atoms with Crippen molar-refractivity contribution in [1.82, 2.24) is 0 Å². The number of ketones is 1. The zero-order valence-electron chi connectivity index (χ0n) is 19.4. The predicted molar refractivity (Wildman–Crippen MR) is 130 cm³/mol. The Morgan fingerprint density at radius 2 is 1.52 bits per heavy atom. The number of rotatable bonds is 13. The smallest absolute Gasteiger partial charge is 0.170 e. The van der Waals surface area contributed by atoms with E-state index in [2.05, 4.69) is 6.07 Å². The number of hydrogen-bond acceptors (Lipinski definition) is 5. The zero-order chi connectivity index (χ0) is 23.5. The van der Waals surface area contributed by atoms with Gasteiger partial charge in [0.05, 0.1) is 14.2 Å². The van der Waals surface area contributed by atoms with Gasteiger partial charge in [0, 0.05) is 6.42 Å². The van der Waals surface area contributed by atoms with Crippen LogP contribution in [-0.2, 0) is 13.0 Å². The van der Waals surface area contributed by atoms with E-state index >= 15 is 0 Å². The molecule has 0 radical (unpaired) electrons. The first-order valence-corrected chi connectivity index (χ1v) is 11.3. The van der Waals surface area contributed by atoms with Crippen molar-refractivity contribution in [3.63, 3.8) is 0 Å². The van der Waals surface area contributed by atoms with Gasteiger partial charge in [-0.3, -0.25) is 4.79 Å². The fourth-order valence-electron chi connectivity index (χ4n) is 3.78. The first-order chi connectivity index (χ1) is 16.1. The minimum atomic E-state index is -0.0870. The summed E-state index contributed by atoms with van der Waals surface area (Å²) in [5, 5.41) is 10.3. The number of hydrogen-bond donors (Lipinski definition) is 1. The third-order valence-corrected chi connectivity index (χ3v) is 5.59. The summed E-state index contributed by atoms with van der Waals surface area (Å²) in [5.74, 6) is 1.79. The molecule has 3 aromatic rings. The fraction of sp³-hybridized carbons (Fsp3) is 0.321. The molecule has 3 aromatic carbocycles. The van der Waals surface area contributed by atoms with Crippen molar-refractivity contribution in [1.29, 1.82) is 0 Å². The first kappa shape index (κ1) is 24.2. The molecule has 0 heterocycles. The molecule has 0 aliphatic rings. The van der Waals surface area contributed by atoms with Gasteiger partial charge >= 0.3 is 0 Å². The zero-order valence-corrected chi connectivity index (χ0v) is 19.4. The Bertz CT molecular complexity index is 1030. The number of phenols is 1. The van der Waals surface area contributed by atoms with Crippen LogP contribution in [0.25, 0.3) is 0 Å². The fourth-order valence-corrected chi connectivity index (χ4v) is 3.78. The summed E-state index contributed by atoms with van der Waals surface area (Å²) in [5.41, 5.74) is 2.49. The van der Waals surface area contributed by atoms with Gasteiger partial charge < -0.3 is 19.3 Å². The van der Waals surface area contributed by atoms with Crippen LogP contribution < -0.4 is 14.2 Å². The summed E-state index contributed by atoms with van der Waals surface area (Å²) in [6.07, 6.45) is 5.12. The van der Waals surface area contributed by atoms with Gasteiger partial charge in [0.1, 0.15) is 23.7 Å². The molecular formula is C28H32O5. The molecule has 0 aliphatic carbocycles. The Hall–Kier alpha value is -3.47. The molecule has 0 spiro atoms. The molecule has 0 aromatic heterocycles. The van der Waals surface area contributed by atoms with E-state index in [4.69, 9.17) is 14.2 Å². The van der Waals surface area contributed by atoms with Gasteiger partial charge in [-0.25, -0.2) is 0 Å². The molecule has 174 valence electrons. The summed E-state index contributed by atoms with van der Waals surface area (Å²) in [6.45, 7) is 0.348. The highest BCUT2D eigenvalue weighted by Crippen LogP contribution is 2.31. The summed E-state index contributed by atoms with van der Waals surface area (Å²) >= 11 is 0. The quantitative estimate of drug-likeness (QED) is 0.243. The van der Waals surface area contributed by atoms with Gasteiger partial charge in [0.15, 0.2) is 17.3 Å². The molecule has 0 atom stereocenters. The average molecular weight is 449 g/mol. The number of Topliss-reactive ketones (excluding diaryl/α,β-unsaturated/α-hetero) is 1. The number of benzene rings is 3. The molecule has 0 saturated carbocycles. The van der Waals surface area contributed by atoms with Crippen molar-refractivity contribution in [2.45, 2.75) is 45.1 Å². The lowest BCUT2D eigenvalue weighted by atomic mass is 10.0. The van der Waals surface area contributed by atoms with E-state index in [0.29, 0.717) is 18.8 Å². The molecule has 1 N–H and O–H groups in total. The molecule has 33 heavy (non-hydrogen) atoms. The van der Waals surface area contributed by atoms with E-state index in [9.17, 15) is 9.90 Å². The van der Waals surface area contributed by atoms with E-state index < -0.39 is 0 Å². The molecular weight excluding hydrogens is 416 g/mol. The number of unbranched alkanes of at least 4 members (excludes halogenated alkanes) is 3. The van der Waals surface area contributed by atoms with Crippen molar-refractivity contribution in [2.24, 2.45) is 0 Å². The Kier molecular flexibility index (Phi) is 9.19. The Morgan fingerprint density at radius 1 is 0.758 bits per heavy atom. The summed E-state index contributed by atoms with van der Waals surface area (Å²) in [4.78, 5) is 12.8. The van der Waals surface area contributed by atoms with Crippen LogP contribution in [0.15, 0.2) is 66.7 Å². The second-order valence-electron chi connectivity index (χ2n) is 7.95. The largest absolute Gasteiger partial charge is 0.507 e. The van der Waals surface area contributed by atoms with Crippen molar-refractivity contribution in [3.8, 4) is 23.0 Å². The molecule has 5 heteroatoms. The van der Waals surface area contributed by atoms with E-state index in [-0.39, 0.29) is 17.1 Å². The maximum atomic E-state index is 12.8. The Balaban J connectivity index is 1.45. The van der Waals surface area contributed by atoms with Gasteiger partial charge in [-0.05, 0) is 54.7 Å². The van der Waals surface area contributed by atoms with Gasteiger partial charge in [-0.15, -0.1) is 0 Å². The lowest BCUT2D eigenvalue weighted by Crippen LogP contribution is -2.05. The normalized spacial score (nSPS) is 10.6. The van der Waals surface area contributed by atoms with Crippen molar-refractivity contribution in [3.05, 3.63) is 83.4 Å². The molecule has 0 unspecified atom stereocenters. The topological polar surface area (TPSA) is 65.0 Å². The monoisotopic (exact) mass is 448 g/mol. The van der Waals surface area contributed by atoms with Crippen LogP contribution in [0.1, 0.15) is 53.6 Å². The molecule has 3 rings (SSSR count). The van der Waals surface area contributed by atoms with Gasteiger partial charge in [-0.2, -0.15) is 0 Å². The predicted octanol–water partition coefficient (Wildman–Crippen LogP) is 6.36. The highest BCUT2D eigenvalue weighted by molar-refractivity contribution is 6.01. The molecule has 0 bridgehead atoms. The second kappa shape index (κ2) is 12.5. The van der Waals surface area contributed by atoms with Crippen LogP contribution in [0.2, 0.25) is 0 Å².